The lowest BCUT2D eigenvalue weighted by Gasteiger charge is -2.38. The summed E-state index contributed by atoms with van der Waals surface area (Å²) >= 11 is 0. The number of aromatic nitrogens is 1. The first-order chi connectivity index (χ1) is 11.5. The summed E-state index contributed by atoms with van der Waals surface area (Å²) in [5, 5.41) is 10.5. The van der Waals surface area contributed by atoms with Gasteiger partial charge in [-0.15, -0.1) is 0 Å². The van der Waals surface area contributed by atoms with Crippen molar-refractivity contribution in [2.75, 3.05) is 13.6 Å². The van der Waals surface area contributed by atoms with Crippen molar-refractivity contribution in [1.82, 2.24) is 9.47 Å². The van der Waals surface area contributed by atoms with E-state index in [1.807, 2.05) is 44.4 Å². The number of carbonyl (C=O) groups is 2. The Morgan fingerprint density at radius 2 is 2.12 bits per heavy atom. The molecule has 0 radical (unpaired) electrons. The number of carboxylic acids is 1. The van der Waals surface area contributed by atoms with Crippen LogP contribution in [0.1, 0.15) is 29.3 Å². The Hall–Kier alpha value is -2.40. The SMILES string of the molecule is CCC(=O)n1cc2c3c(cccc31)C1=C[C@@H](C(=O)O)CN(C)[C@@H]1C2. The fraction of sp³-hybridized carbons (Fsp3) is 0.368. The van der Waals surface area contributed by atoms with Gasteiger partial charge in [0.25, 0.3) is 0 Å². The lowest BCUT2D eigenvalue weighted by Crippen LogP contribution is -2.44. The predicted octanol–water partition coefficient (Wildman–Crippen LogP) is 2.65. The molecule has 0 spiro atoms. The molecule has 0 saturated heterocycles. The molecule has 1 aromatic heterocycles. The van der Waals surface area contributed by atoms with Crippen LogP contribution in [-0.2, 0) is 11.2 Å². The summed E-state index contributed by atoms with van der Waals surface area (Å²) < 4.78 is 1.75. The smallest absolute Gasteiger partial charge is 0.311 e. The van der Waals surface area contributed by atoms with E-state index in [-0.39, 0.29) is 11.9 Å². The van der Waals surface area contributed by atoms with Crippen LogP contribution in [0.3, 0.4) is 0 Å². The van der Waals surface area contributed by atoms with Gasteiger partial charge >= 0.3 is 5.97 Å². The Morgan fingerprint density at radius 1 is 1.33 bits per heavy atom. The highest BCUT2D eigenvalue weighted by molar-refractivity contribution is 6.03. The van der Waals surface area contributed by atoms with E-state index in [1.54, 1.807) is 4.57 Å². The molecule has 124 valence electrons. The van der Waals surface area contributed by atoms with Gasteiger partial charge in [0.2, 0.25) is 5.91 Å². The molecule has 1 N–H and O–H groups in total. The lowest BCUT2D eigenvalue weighted by molar-refractivity contribution is -0.140. The minimum atomic E-state index is -0.787. The monoisotopic (exact) mass is 324 g/mol. The van der Waals surface area contributed by atoms with Gasteiger partial charge in [0, 0.05) is 30.6 Å². The highest BCUT2D eigenvalue weighted by Crippen LogP contribution is 2.41. The first kappa shape index (κ1) is 15.1. The van der Waals surface area contributed by atoms with E-state index in [9.17, 15) is 14.7 Å². The van der Waals surface area contributed by atoms with Crippen LogP contribution in [0.15, 0.2) is 30.5 Å². The number of carbonyl (C=O) groups excluding carboxylic acids is 1. The van der Waals surface area contributed by atoms with E-state index in [0.717, 1.165) is 28.5 Å². The molecule has 0 fully saturated rings. The maximum absolute atomic E-state index is 12.3. The summed E-state index contributed by atoms with van der Waals surface area (Å²) in [6.07, 6.45) is 5.14. The second-order valence-electron chi connectivity index (χ2n) is 6.70. The first-order valence-electron chi connectivity index (χ1n) is 8.32. The van der Waals surface area contributed by atoms with E-state index in [0.29, 0.717) is 13.0 Å². The van der Waals surface area contributed by atoms with Crippen molar-refractivity contribution >= 4 is 28.4 Å². The van der Waals surface area contributed by atoms with Crippen molar-refractivity contribution < 1.29 is 14.7 Å². The van der Waals surface area contributed by atoms with Crippen molar-refractivity contribution in [3.8, 4) is 0 Å². The van der Waals surface area contributed by atoms with Crippen LogP contribution in [0.2, 0.25) is 0 Å². The molecule has 2 heterocycles. The predicted molar refractivity (Wildman–Crippen MR) is 92.1 cm³/mol. The molecule has 1 aliphatic heterocycles. The van der Waals surface area contributed by atoms with Gasteiger partial charge in [0.05, 0.1) is 11.4 Å². The van der Waals surface area contributed by atoms with Crippen molar-refractivity contribution in [2.45, 2.75) is 25.8 Å². The molecule has 24 heavy (non-hydrogen) atoms. The van der Waals surface area contributed by atoms with Crippen LogP contribution >= 0.6 is 0 Å². The fourth-order valence-corrected chi connectivity index (χ4v) is 4.09. The molecule has 0 amide bonds. The summed E-state index contributed by atoms with van der Waals surface area (Å²) in [6, 6.07) is 6.14. The third-order valence-electron chi connectivity index (χ3n) is 5.28. The summed E-state index contributed by atoms with van der Waals surface area (Å²) in [7, 11) is 1.98. The summed E-state index contributed by atoms with van der Waals surface area (Å²) in [5.41, 5.74) is 4.24. The average Bonchev–Trinajstić information content (AvgIpc) is 2.95. The topological polar surface area (TPSA) is 62.5 Å². The number of hydrogen-bond donors (Lipinski definition) is 1. The standard InChI is InChI=1S/C19H20N2O3/c1-3-17(22)21-10-11-8-16-14(7-12(19(23)24)9-20(16)2)13-5-4-6-15(21)18(11)13/h4-7,10,12,16H,3,8-9H2,1-2H3,(H,23,24)/t12-,16-/m1/s1. The molecule has 4 rings (SSSR count). The lowest BCUT2D eigenvalue weighted by atomic mass is 9.80. The third kappa shape index (κ3) is 2.04. The molecule has 2 aromatic rings. The Bertz CT molecular complexity index is 893. The normalized spacial score (nSPS) is 23.0. The maximum atomic E-state index is 12.3. The van der Waals surface area contributed by atoms with Gasteiger partial charge in [-0.1, -0.05) is 25.1 Å². The zero-order chi connectivity index (χ0) is 17.0. The molecule has 5 nitrogen and oxygen atoms in total. The van der Waals surface area contributed by atoms with Gasteiger partial charge in [-0.25, -0.2) is 0 Å². The minimum absolute atomic E-state index is 0.0824. The van der Waals surface area contributed by atoms with E-state index >= 15 is 0 Å². The van der Waals surface area contributed by atoms with Crippen LogP contribution in [0.4, 0.5) is 0 Å². The second-order valence-corrected chi connectivity index (χ2v) is 6.70. The number of hydrogen-bond acceptors (Lipinski definition) is 3. The molecule has 2 atom stereocenters. The average molecular weight is 324 g/mol. The number of nitrogens with zero attached hydrogens (tertiary/aromatic N) is 2. The number of carboxylic acid groups (broad SMARTS) is 1. The summed E-state index contributed by atoms with van der Waals surface area (Å²) in [6.45, 7) is 2.38. The van der Waals surface area contributed by atoms with Crippen LogP contribution < -0.4 is 0 Å². The van der Waals surface area contributed by atoms with E-state index in [1.165, 1.54) is 5.56 Å². The third-order valence-corrected chi connectivity index (χ3v) is 5.28. The van der Waals surface area contributed by atoms with Crippen LogP contribution in [-0.4, -0.2) is 46.1 Å². The van der Waals surface area contributed by atoms with Gasteiger partial charge in [0.1, 0.15) is 0 Å². The number of fused-ring (bicyclic) bond motifs is 2. The zero-order valence-corrected chi connectivity index (χ0v) is 13.8. The van der Waals surface area contributed by atoms with Crippen molar-refractivity contribution in [3.63, 3.8) is 0 Å². The van der Waals surface area contributed by atoms with Gasteiger partial charge in [0.15, 0.2) is 0 Å². The number of benzene rings is 1. The van der Waals surface area contributed by atoms with Crippen molar-refractivity contribution in [1.29, 1.82) is 0 Å². The molecule has 2 aliphatic rings. The molecule has 0 saturated carbocycles. The first-order valence-corrected chi connectivity index (χ1v) is 8.32. The maximum Gasteiger partial charge on any atom is 0.311 e. The van der Waals surface area contributed by atoms with Crippen LogP contribution in [0, 0.1) is 5.92 Å². The van der Waals surface area contributed by atoms with Crippen molar-refractivity contribution in [2.24, 2.45) is 5.92 Å². The molecule has 1 aliphatic carbocycles. The Morgan fingerprint density at radius 3 is 2.83 bits per heavy atom. The second kappa shape index (κ2) is 5.31. The molecular weight excluding hydrogens is 304 g/mol. The quantitative estimate of drug-likeness (QED) is 0.922. The van der Waals surface area contributed by atoms with E-state index in [4.69, 9.17) is 0 Å². The van der Waals surface area contributed by atoms with Crippen molar-refractivity contribution in [3.05, 3.63) is 41.6 Å². The Balaban J connectivity index is 1.96. The van der Waals surface area contributed by atoms with Gasteiger partial charge in [-0.05, 0) is 36.2 Å². The molecular formula is C19H20N2O3. The highest BCUT2D eigenvalue weighted by Gasteiger charge is 2.36. The molecule has 5 heteroatoms. The number of rotatable bonds is 2. The highest BCUT2D eigenvalue weighted by atomic mass is 16.4. The van der Waals surface area contributed by atoms with E-state index in [2.05, 4.69) is 4.90 Å². The fourth-order valence-electron chi connectivity index (χ4n) is 4.09. The van der Waals surface area contributed by atoms with Gasteiger partial charge < -0.3 is 5.11 Å². The zero-order valence-electron chi connectivity index (χ0n) is 13.8. The molecule has 1 aromatic carbocycles. The van der Waals surface area contributed by atoms with Gasteiger partial charge in [-0.3, -0.25) is 19.1 Å². The largest absolute Gasteiger partial charge is 0.481 e. The van der Waals surface area contributed by atoms with E-state index < -0.39 is 11.9 Å². The van der Waals surface area contributed by atoms with Crippen LogP contribution in [0.25, 0.3) is 16.5 Å². The summed E-state index contributed by atoms with van der Waals surface area (Å²) in [4.78, 5) is 25.9. The van der Waals surface area contributed by atoms with Crippen LogP contribution in [0.5, 0.6) is 0 Å². The molecule has 0 unspecified atom stereocenters. The number of likely N-dealkylation sites (N-methyl/N-ethyl adjacent to an activating group) is 1. The van der Waals surface area contributed by atoms with Gasteiger partial charge in [-0.2, -0.15) is 0 Å². The Labute approximate surface area is 140 Å². The number of aliphatic carboxylic acids is 1. The minimum Gasteiger partial charge on any atom is -0.481 e. The summed E-state index contributed by atoms with van der Waals surface area (Å²) in [5.74, 6) is -1.19. The Kier molecular flexibility index (Phi) is 3.35. The molecule has 0 bridgehead atoms.